The van der Waals surface area contributed by atoms with Crippen LogP contribution in [-0.2, 0) is 0 Å². The number of aryl methyl sites for hydroxylation is 1. The highest BCUT2D eigenvalue weighted by Crippen LogP contribution is 2.20. The molecule has 1 nitrogen and oxygen atoms in total. The van der Waals surface area contributed by atoms with Crippen molar-refractivity contribution in [2.75, 3.05) is 6.61 Å². The molecule has 2 heteroatoms. The highest BCUT2D eigenvalue weighted by Gasteiger charge is 1.96. The van der Waals surface area contributed by atoms with Gasteiger partial charge in [-0.25, -0.2) is 0 Å². The van der Waals surface area contributed by atoms with Crippen LogP contribution in [0.1, 0.15) is 18.1 Å². The molecular weight excluding hydrogens is 228 g/mol. The van der Waals surface area contributed by atoms with Gasteiger partial charge in [0.2, 0.25) is 0 Å². The fraction of sp³-hybridized carbons (Fsp3) is 0.273. The lowest BCUT2D eigenvalue weighted by Gasteiger charge is -2.01. The summed E-state index contributed by atoms with van der Waals surface area (Å²) in [5.41, 5.74) is 3.30. The fourth-order valence-electron chi connectivity index (χ4n) is 1.06. The number of rotatable bonds is 2. The molecule has 0 aliphatic rings. The summed E-state index contributed by atoms with van der Waals surface area (Å²) in [5.74, 6) is 0. The monoisotopic (exact) mass is 240 g/mol. The predicted molar refractivity (Wildman–Crippen MR) is 59.6 cm³/mol. The Kier molecular flexibility index (Phi) is 3.70. The summed E-state index contributed by atoms with van der Waals surface area (Å²) in [7, 11) is 0. The van der Waals surface area contributed by atoms with Crippen LogP contribution in [0.15, 0.2) is 28.2 Å². The van der Waals surface area contributed by atoms with E-state index in [4.69, 9.17) is 5.11 Å². The summed E-state index contributed by atoms with van der Waals surface area (Å²) in [4.78, 5) is 0. The molecule has 0 spiro atoms. The van der Waals surface area contributed by atoms with Gasteiger partial charge in [0.15, 0.2) is 0 Å². The van der Waals surface area contributed by atoms with Crippen LogP contribution in [0.2, 0.25) is 0 Å². The van der Waals surface area contributed by atoms with Crippen molar-refractivity contribution >= 4 is 22.0 Å². The molecular formula is C11H13BrO. The first-order valence-corrected chi connectivity index (χ1v) is 4.97. The summed E-state index contributed by atoms with van der Waals surface area (Å²) in [6.07, 6.45) is 1.98. The summed E-state index contributed by atoms with van der Waals surface area (Å²) >= 11 is 3.48. The van der Waals surface area contributed by atoms with Crippen molar-refractivity contribution in [2.24, 2.45) is 0 Å². The molecule has 0 atom stereocenters. The smallest absolute Gasteiger partial charge is 0.0642 e. The van der Waals surface area contributed by atoms with Crippen LogP contribution in [0.3, 0.4) is 0 Å². The molecule has 0 radical (unpaired) electrons. The normalized spacial score (nSPS) is 11.8. The Morgan fingerprint density at radius 1 is 1.54 bits per heavy atom. The van der Waals surface area contributed by atoms with Crippen LogP contribution in [0.25, 0.3) is 6.08 Å². The van der Waals surface area contributed by atoms with Crippen molar-refractivity contribution in [1.29, 1.82) is 0 Å². The lowest BCUT2D eigenvalue weighted by molar-refractivity contribution is 0.332. The van der Waals surface area contributed by atoms with E-state index in [9.17, 15) is 0 Å². The van der Waals surface area contributed by atoms with Crippen molar-refractivity contribution in [3.05, 3.63) is 39.4 Å². The largest absolute Gasteiger partial charge is 0.392 e. The zero-order valence-electron chi connectivity index (χ0n) is 7.84. The van der Waals surface area contributed by atoms with Gasteiger partial charge < -0.3 is 5.11 Å². The van der Waals surface area contributed by atoms with E-state index in [2.05, 4.69) is 35.0 Å². The second kappa shape index (κ2) is 4.58. The number of halogens is 1. The van der Waals surface area contributed by atoms with Gasteiger partial charge in [-0.1, -0.05) is 34.1 Å². The quantitative estimate of drug-likeness (QED) is 0.843. The molecule has 0 aromatic heterocycles. The van der Waals surface area contributed by atoms with E-state index in [0.29, 0.717) is 0 Å². The summed E-state index contributed by atoms with van der Waals surface area (Å²) in [5, 5.41) is 8.86. The number of hydrogen-bond donors (Lipinski definition) is 1. The average molecular weight is 241 g/mol. The van der Waals surface area contributed by atoms with E-state index in [0.717, 1.165) is 15.6 Å². The summed E-state index contributed by atoms with van der Waals surface area (Å²) in [6.45, 7) is 4.07. The molecule has 0 heterocycles. The molecule has 1 rings (SSSR count). The second-order valence-electron chi connectivity index (χ2n) is 3.17. The van der Waals surface area contributed by atoms with Gasteiger partial charge in [-0.05, 0) is 36.6 Å². The number of aliphatic hydroxyl groups excluding tert-OH is 1. The Hall–Kier alpha value is -0.600. The molecule has 0 aliphatic heterocycles. The van der Waals surface area contributed by atoms with Crippen molar-refractivity contribution in [1.82, 2.24) is 0 Å². The third-order valence-electron chi connectivity index (χ3n) is 1.81. The van der Waals surface area contributed by atoms with E-state index < -0.39 is 0 Å². The van der Waals surface area contributed by atoms with Gasteiger partial charge >= 0.3 is 0 Å². The van der Waals surface area contributed by atoms with Gasteiger partial charge in [-0.15, -0.1) is 0 Å². The van der Waals surface area contributed by atoms with E-state index in [-0.39, 0.29) is 6.61 Å². The minimum atomic E-state index is 0.111. The molecule has 1 aromatic carbocycles. The highest BCUT2D eigenvalue weighted by atomic mass is 79.9. The van der Waals surface area contributed by atoms with Gasteiger partial charge in [-0.3, -0.25) is 0 Å². The topological polar surface area (TPSA) is 20.2 Å². The molecule has 0 bridgehead atoms. The zero-order valence-corrected chi connectivity index (χ0v) is 9.43. The Morgan fingerprint density at radius 2 is 2.23 bits per heavy atom. The standard InChI is InChI=1S/C11H13BrO/c1-8-3-4-10(11(12)6-8)5-9(2)7-13/h3-6,13H,7H2,1-2H3/b9-5-. The molecule has 0 fully saturated rings. The van der Waals surface area contributed by atoms with E-state index in [1.165, 1.54) is 5.56 Å². The van der Waals surface area contributed by atoms with Crippen LogP contribution in [0, 0.1) is 6.92 Å². The Bertz CT molecular complexity index is 329. The first-order valence-electron chi connectivity index (χ1n) is 4.17. The first-order chi connectivity index (χ1) is 6.13. The van der Waals surface area contributed by atoms with Crippen molar-refractivity contribution in [3.8, 4) is 0 Å². The molecule has 0 aliphatic carbocycles. The van der Waals surface area contributed by atoms with Gasteiger partial charge in [0.25, 0.3) is 0 Å². The van der Waals surface area contributed by atoms with Crippen molar-refractivity contribution in [2.45, 2.75) is 13.8 Å². The average Bonchev–Trinajstić information content (AvgIpc) is 2.09. The second-order valence-corrected chi connectivity index (χ2v) is 4.03. The molecule has 0 saturated carbocycles. The van der Waals surface area contributed by atoms with Gasteiger partial charge in [0, 0.05) is 4.47 Å². The van der Waals surface area contributed by atoms with Crippen LogP contribution in [0.5, 0.6) is 0 Å². The molecule has 1 aromatic rings. The predicted octanol–water partition coefficient (Wildman–Crippen LogP) is 3.15. The number of aliphatic hydroxyl groups is 1. The fourth-order valence-corrected chi connectivity index (χ4v) is 1.67. The first kappa shape index (κ1) is 10.5. The van der Waals surface area contributed by atoms with Gasteiger partial charge in [-0.2, -0.15) is 0 Å². The maximum Gasteiger partial charge on any atom is 0.0642 e. The SMILES string of the molecule is C/C(=C/c1ccc(C)cc1Br)CO. The highest BCUT2D eigenvalue weighted by molar-refractivity contribution is 9.10. The van der Waals surface area contributed by atoms with Crippen LogP contribution in [0.4, 0.5) is 0 Å². The van der Waals surface area contributed by atoms with Crippen LogP contribution < -0.4 is 0 Å². The molecule has 0 unspecified atom stereocenters. The minimum Gasteiger partial charge on any atom is -0.392 e. The van der Waals surface area contributed by atoms with E-state index >= 15 is 0 Å². The molecule has 1 N–H and O–H groups in total. The zero-order chi connectivity index (χ0) is 9.84. The number of benzene rings is 1. The number of hydrogen-bond acceptors (Lipinski definition) is 1. The van der Waals surface area contributed by atoms with Crippen molar-refractivity contribution < 1.29 is 5.11 Å². The van der Waals surface area contributed by atoms with Gasteiger partial charge in [0.05, 0.1) is 6.61 Å². The summed E-state index contributed by atoms with van der Waals surface area (Å²) in [6, 6.07) is 6.16. The molecule has 0 amide bonds. The van der Waals surface area contributed by atoms with Crippen LogP contribution >= 0.6 is 15.9 Å². The third kappa shape index (κ3) is 2.98. The van der Waals surface area contributed by atoms with Crippen molar-refractivity contribution in [3.63, 3.8) is 0 Å². The lowest BCUT2D eigenvalue weighted by Crippen LogP contribution is -1.85. The molecule has 0 saturated heterocycles. The third-order valence-corrected chi connectivity index (χ3v) is 2.49. The molecule has 70 valence electrons. The van der Waals surface area contributed by atoms with Crippen LogP contribution in [-0.4, -0.2) is 11.7 Å². The van der Waals surface area contributed by atoms with E-state index in [1.807, 2.05) is 19.1 Å². The lowest BCUT2D eigenvalue weighted by atomic mass is 10.1. The Balaban J connectivity index is 3.03. The maximum absolute atomic E-state index is 8.86. The van der Waals surface area contributed by atoms with E-state index in [1.54, 1.807) is 0 Å². The molecule has 13 heavy (non-hydrogen) atoms. The Labute approximate surface area is 87.2 Å². The summed E-state index contributed by atoms with van der Waals surface area (Å²) < 4.78 is 1.07. The minimum absolute atomic E-state index is 0.111. The maximum atomic E-state index is 8.86. The Morgan fingerprint density at radius 3 is 2.77 bits per heavy atom. The van der Waals surface area contributed by atoms with Gasteiger partial charge in [0.1, 0.15) is 0 Å².